The van der Waals surface area contributed by atoms with E-state index in [1.54, 1.807) is 0 Å². The molecular formula is C13H22O6. The molecule has 0 aromatic carbocycles. The van der Waals surface area contributed by atoms with Gasteiger partial charge in [0.1, 0.15) is 6.61 Å². The third kappa shape index (κ3) is 8.56. The molecule has 0 bridgehead atoms. The van der Waals surface area contributed by atoms with Gasteiger partial charge in [-0.15, -0.1) is 0 Å². The van der Waals surface area contributed by atoms with Crippen LogP contribution in [0.4, 0.5) is 0 Å². The summed E-state index contributed by atoms with van der Waals surface area (Å²) >= 11 is 0. The number of carboxylic acids is 1. The number of hydrogen-bond acceptors (Lipinski definition) is 5. The molecule has 0 aromatic rings. The molecule has 0 spiro atoms. The van der Waals surface area contributed by atoms with Crippen LogP contribution in [0.15, 0.2) is 0 Å². The number of ether oxygens (including phenoxy) is 3. The lowest BCUT2D eigenvalue weighted by atomic mass is 10.2. The highest BCUT2D eigenvalue weighted by Crippen LogP contribution is 2.13. The lowest BCUT2D eigenvalue weighted by Gasteiger charge is -2.22. The fourth-order valence-corrected chi connectivity index (χ4v) is 1.80. The van der Waals surface area contributed by atoms with Gasteiger partial charge in [-0.3, -0.25) is 9.59 Å². The van der Waals surface area contributed by atoms with Crippen LogP contribution in [0, 0.1) is 0 Å². The van der Waals surface area contributed by atoms with Crippen molar-refractivity contribution in [3.8, 4) is 0 Å². The number of unbranched alkanes of at least 4 members (excludes halogenated alkanes) is 1. The van der Waals surface area contributed by atoms with Gasteiger partial charge in [-0.05, 0) is 32.1 Å². The second-order valence-corrected chi connectivity index (χ2v) is 4.49. The lowest BCUT2D eigenvalue weighted by Crippen LogP contribution is -2.24. The molecule has 0 radical (unpaired) electrons. The Hall–Kier alpha value is -1.14. The maximum absolute atomic E-state index is 11.3. The van der Waals surface area contributed by atoms with Crippen molar-refractivity contribution in [1.29, 1.82) is 0 Å². The van der Waals surface area contributed by atoms with E-state index in [4.69, 9.17) is 19.3 Å². The molecule has 1 fully saturated rings. The van der Waals surface area contributed by atoms with Crippen molar-refractivity contribution >= 4 is 11.9 Å². The van der Waals surface area contributed by atoms with Crippen molar-refractivity contribution in [3.05, 3.63) is 0 Å². The maximum Gasteiger partial charge on any atom is 0.305 e. The lowest BCUT2D eigenvalue weighted by molar-refractivity contribution is -0.173. The van der Waals surface area contributed by atoms with E-state index in [0.29, 0.717) is 19.4 Å². The van der Waals surface area contributed by atoms with Crippen molar-refractivity contribution in [2.75, 3.05) is 19.8 Å². The number of carbonyl (C=O) groups excluding carboxylic acids is 1. The topological polar surface area (TPSA) is 82.1 Å². The summed E-state index contributed by atoms with van der Waals surface area (Å²) in [6.45, 7) is 1.29. The number of esters is 1. The molecule has 6 nitrogen and oxygen atoms in total. The highest BCUT2D eigenvalue weighted by molar-refractivity contribution is 5.69. The fourth-order valence-electron chi connectivity index (χ4n) is 1.80. The molecule has 110 valence electrons. The van der Waals surface area contributed by atoms with E-state index in [0.717, 1.165) is 25.9 Å². The zero-order chi connectivity index (χ0) is 13.9. The van der Waals surface area contributed by atoms with E-state index in [9.17, 15) is 9.59 Å². The number of hydrogen-bond donors (Lipinski definition) is 1. The Labute approximate surface area is 113 Å². The van der Waals surface area contributed by atoms with Gasteiger partial charge in [0.15, 0.2) is 6.29 Å². The Balaban J connectivity index is 1.90. The normalized spacial score (nSPS) is 19.1. The molecule has 6 heteroatoms. The Bertz CT molecular complexity index is 272. The van der Waals surface area contributed by atoms with Gasteiger partial charge >= 0.3 is 11.9 Å². The molecule has 1 atom stereocenters. The summed E-state index contributed by atoms with van der Waals surface area (Å²) in [5.74, 6) is -1.15. The monoisotopic (exact) mass is 274 g/mol. The van der Waals surface area contributed by atoms with Gasteiger partial charge in [0, 0.05) is 19.4 Å². The molecule has 0 saturated carbocycles. The minimum atomic E-state index is -0.839. The van der Waals surface area contributed by atoms with Crippen molar-refractivity contribution in [1.82, 2.24) is 0 Å². The molecule has 0 aromatic heterocycles. The van der Waals surface area contributed by atoms with Crippen LogP contribution in [0.2, 0.25) is 0 Å². The molecule has 1 heterocycles. The van der Waals surface area contributed by atoms with Gasteiger partial charge in [-0.1, -0.05) is 0 Å². The SMILES string of the molecule is O=C(O)CCCCC(=O)OCCOC1CCCCO1. The van der Waals surface area contributed by atoms with Gasteiger partial charge in [-0.2, -0.15) is 0 Å². The Kier molecular flexibility index (Phi) is 8.16. The minimum Gasteiger partial charge on any atom is -0.481 e. The van der Waals surface area contributed by atoms with Crippen molar-refractivity contribution in [3.63, 3.8) is 0 Å². The van der Waals surface area contributed by atoms with Crippen molar-refractivity contribution in [2.45, 2.75) is 51.2 Å². The van der Waals surface area contributed by atoms with E-state index >= 15 is 0 Å². The number of carboxylic acid groups (broad SMARTS) is 1. The first-order valence-corrected chi connectivity index (χ1v) is 6.79. The smallest absolute Gasteiger partial charge is 0.305 e. The molecule has 19 heavy (non-hydrogen) atoms. The van der Waals surface area contributed by atoms with E-state index < -0.39 is 5.97 Å². The van der Waals surface area contributed by atoms with Gasteiger partial charge < -0.3 is 19.3 Å². The Morgan fingerprint density at radius 1 is 1.16 bits per heavy atom. The van der Waals surface area contributed by atoms with Crippen LogP contribution in [-0.2, 0) is 23.8 Å². The summed E-state index contributed by atoms with van der Waals surface area (Å²) < 4.78 is 15.8. The van der Waals surface area contributed by atoms with Crippen LogP contribution in [0.3, 0.4) is 0 Å². The predicted molar refractivity (Wildman–Crippen MR) is 66.6 cm³/mol. The molecular weight excluding hydrogens is 252 g/mol. The molecule has 0 aliphatic carbocycles. The molecule has 1 aliphatic heterocycles. The van der Waals surface area contributed by atoms with E-state index in [1.165, 1.54) is 0 Å². The zero-order valence-corrected chi connectivity index (χ0v) is 11.1. The van der Waals surface area contributed by atoms with Crippen molar-refractivity contribution < 1.29 is 28.9 Å². The average Bonchev–Trinajstić information content (AvgIpc) is 2.41. The van der Waals surface area contributed by atoms with Gasteiger partial charge in [0.25, 0.3) is 0 Å². The van der Waals surface area contributed by atoms with E-state index in [-0.39, 0.29) is 31.7 Å². The first-order chi connectivity index (χ1) is 9.18. The van der Waals surface area contributed by atoms with Gasteiger partial charge in [0.2, 0.25) is 0 Å². The second kappa shape index (κ2) is 9.75. The molecule has 1 saturated heterocycles. The molecule has 1 aliphatic rings. The predicted octanol–water partition coefficient (Wildman–Crippen LogP) is 1.72. The van der Waals surface area contributed by atoms with Crippen LogP contribution < -0.4 is 0 Å². The van der Waals surface area contributed by atoms with Crippen LogP contribution >= 0.6 is 0 Å². The molecule has 1 unspecified atom stereocenters. The first-order valence-electron chi connectivity index (χ1n) is 6.79. The summed E-state index contributed by atoms with van der Waals surface area (Å²) in [5.41, 5.74) is 0. The fraction of sp³-hybridized carbons (Fsp3) is 0.846. The Morgan fingerprint density at radius 2 is 1.95 bits per heavy atom. The molecule has 1 N–H and O–H groups in total. The number of carbonyl (C=O) groups is 2. The summed E-state index contributed by atoms with van der Waals surface area (Å²) in [4.78, 5) is 21.5. The summed E-state index contributed by atoms with van der Waals surface area (Å²) in [6.07, 6.45) is 4.29. The summed E-state index contributed by atoms with van der Waals surface area (Å²) in [6, 6.07) is 0. The molecule has 0 amide bonds. The third-order valence-electron chi connectivity index (χ3n) is 2.81. The Morgan fingerprint density at radius 3 is 2.63 bits per heavy atom. The quantitative estimate of drug-likeness (QED) is 0.509. The highest BCUT2D eigenvalue weighted by Gasteiger charge is 2.13. The largest absolute Gasteiger partial charge is 0.481 e. The van der Waals surface area contributed by atoms with Gasteiger partial charge in [-0.25, -0.2) is 0 Å². The van der Waals surface area contributed by atoms with Crippen LogP contribution in [0.1, 0.15) is 44.9 Å². The standard InChI is InChI=1S/C13H22O6/c14-11(15)5-1-2-6-12(16)17-9-10-19-13-7-3-4-8-18-13/h13H,1-10H2,(H,14,15). The maximum atomic E-state index is 11.3. The third-order valence-corrected chi connectivity index (χ3v) is 2.81. The van der Waals surface area contributed by atoms with Crippen molar-refractivity contribution in [2.24, 2.45) is 0 Å². The number of aliphatic carboxylic acids is 1. The average molecular weight is 274 g/mol. The van der Waals surface area contributed by atoms with E-state index in [1.807, 2.05) is 0 Å². The van der Waals surface area contributed by atoms with Gasteiger partial charge in [0.05, 0.1) is 6.61 Å². The van der Waals surface area contributed by atoms with E-state index in [2.05, 4.69) is 0 Å². The highest BCUT2D eigenvalue weighted by atomic mass is 16.7. The minimum absolute atomic E-state index is 0.0927. The summed E-state index contributed by atoms with van der Waals surface area (Å²) in [5, 5.41) is 8.43. The molecule has 1 rings (SSSR count). The first kappa shape index (κ1) is 15.9. The number of rotatable bonds is 9. The van der Waals surface area contributed by atoms with Crippen LogP contribution in [0.25, 0.3) is 0 Å². The van der Waals surface area contributed by atoms with Crippen LogP contribution in [-0.4, -0.2) is 43.2 Å². The zero-order valence-electron chi connectivity index (χ0n) is 11.1. The second-order valence-electron chi connectivity index (χ2n) is 4.49. The summed E-state index contributed by atoms with van der Waals surface area (Å²) in [7, 11) is 0. The van der Waals surface area contributed by atoms with Crippen LogP contribution in [0.5, 0.6) is 0 Å².